The van der Waals surface area contributed by atoms with Crippen molar-refractivity contribution in [2.24, 2.45) is 29.4 Å². The van der Waals surface area contributed by atoms with Gasteiger partial charge in [0.15, 0.2) is 0 Å². The minimum absolute atomic E-state index is 0.214. The van der Waals surface area contributed by atoms with Crippen LogP contribution in [-0.2, 0) is 4.79 Å². The number of nitrogens with two attached hydrogens (primary N) is 1. The molecule has 3 nitrogen and oxygen atoms in total. The van der Waals surface area contributed by atoms with Crippen molar-refractivity contribution in [3.63, 3.8) is 0 Å². The first-order chi connectivity index (χ1) is 10.1. The predicted molar refractivity (Wildman–Crippen MR) is 83.6 cm³/mol. The normalized spacial score (nSPS) is 43.8. The van der Waals surface area contributed by atoms with E-state index in [0.29, 0.717) is 12.5 Å². The molecule has 0 atom stereocenters. The number of hydrogen-bond donors (Lipinski definition) is 2. The highest BCUT2D eigenvalue weighted by atomic mass is 16.1. The molecule has 0 aromatic carbocycles. The van der Waals surface area contributed by atoms with Crippen LogP contribution in [0.2, 0.25) is 0 Å². The van der Waals surface area contributed by atoms with E-state index < -0.39 is 0 Å². The highest BCUT2D eigenvalue weighted by molar-refractivity contribution is 5.77. The lowest BCUT2D eigenvalue weighted by Crippen LogP contribution is -2.57. The molecule has 5 saturated carbocycles. The van der Waals surface area contributed by atoms with Gasteiger partial charge in [0.05, 0.1) is 0 Å². The van der Waals surface area contributed by atoms with E-state index in [-0.39, 0.29) is 11.4 Å². The van der Waals surface area contributed by atoms with Gasteiger partial charge in [-0.1, -0.05) is 19.3 Å². The van der Waals surface area contributed by atoms with Crippen LogP contribution in [0.25, 0.3) is 0 Å². The third-order valence-corrected chi connectivity index (χ3v) is 6.92. The van der Waals surface area contributed by atoms with E-state index >= 15 is 0 Å². The van der Waals surface area contributed by atoms with Crippen LogP contribution in [0.15, 0.2) is 0 Å². The standard InChI is InChI=1S/C18H30N2O/c19-18(4-2-1-3-5-18)11-16(21)20-17-14-7-12-6-13(9-14)10-15(17)8-12/h12-15,17H,1-11,19H2,(H,20,21). The summed E-state index contributed by atoms with van der Waals surface area (Å²) in [7, 11) is 0. The fraction of sp³-hybridized carbons (Fsp3) is 0.944. The van der Waals surface area contributed by atoms with Crippen LogP contribution < -0.4 is 11.1 Å². The van der Waals surface area contributed by atoms with E-state index in [9.17, 15) is 4.79 Å². The Kier molecular flexibility index (Phi) is 3.52. The van der Waals surface area contributed by atoms with E-state index in [1.807, 2.05) is 0 Å². The Balaban J connectivity index is 1.36. The van der Waals surface area contributed by atoms with Crippen molar-refractivity contribution >= 4 is 5.91 Å². The molecule has 4 bridgehead atoms. The maximum absolute atomic E-state index is 12.5. The summed E-state index contributed by atoms with van der Waals surface area (Å²) in [6.07, 6.45) is 13.2. The summed E-state index contributed by atoms with van der Waals surface area (Å²) in [5, 5.41) is 3.42. The molecule has 0 aliphatic heterocycles. The molecule has 5 fully saturated rings. The van der Waals surface area contributed by atoms with Crippen LogP contribution in [0.5, 0.6) is 0 Å². The van der Waals surface area contributed by atoms with E-state index in [0.717, 1.165) is 36.5 Å². The first-order valence-electron chi connectivity index (χ1n) is 9.19. The number of nitrogens with one attached hydrogen (secondary N) is 1. The van der Waals surface area contributed by atoms with Gasteiger partial charge in [0.2, 0.25) is 5.91 Å². The molecule has 118 valence electrons. The second-order valence-electron chi connectivity index (χ2n) is 8.62. The summed E-state index contributed by atoms with van der Waals surface area (Å²) >= 11 is 0. The van der Waals surface area contributed by atoms with Crippen LogP contribution >= 0.6 is 0 Å². The molecular weight excluding hydrogens is 260 g/mol. The molecule has 0 radical (unpaired) electrons. The summed E-state index contributed by atoms with van der Waals surface area (Å²) in [5.41, 5.74) is 6.24. The highest BCUT2D eigenvalue weighted by Gasteiger charge is 2.48. The molecule has 0 heterocycles. The van der Waals surface area contributed by atoms with Crippen molar-refractivity contribution in [2.75, 3.05) is 0 Å². The second-order valence-corrected chi connectivity index (χ2v) is 8.62. The number of amides is 1. The summed E-state index contributed by atoms with van der Waals surface area (Å²) in [6.45, 7) is 0. The number of rotatable bonds is 3. The molecule has 0 aromatic rings. The van der Waals surface area contributed by atoms with E-state index in [4.69, 9.17) is 5.73 Å². The number of hydrogen-bond acceptors (Lipinski definition) is 2. The van der Waals surface area contributed by atoms with Crippen molar-refractivity contribution in [1.82, 2.24) is 5.32 Å². The quantitative estimate of drug-likeness (QED) is 0.839. The van der Waals surface area contributed by atoms with Crippen LogP contribution in [0.1, 0.15) is 70.6 Å². The first-order valence-corrected chi connectivity index (χ1v) is 9.19. The Hall–Kier alpha value is -0.570. The average Bonchev–Trinajstić information content (AvgIpc) is 2.42. The Bertz CT molecular complexity index is 385. The Morgan fingerprint density at radius 2 is 1.52 bits per heavy atom. The Morgan fingerprint density at radius 1 is 0.952 bits per heavy atom. The van der Waals surface area contributed by atoms with Gasteiger partial charge in [0.1, 0.15) is 0 Å². The third kappa shape index (κ3) is 2.74. The Morgan fingerprint density at radius 3 is 2.10 bits per heavy atom. The molecule has 1 amide bonds. The van der Waals surface area contributed by atoms with Gasteiger partial charge in [-0.05, 0) is 68.6 Å². The third-order valence-electron chi connectivity index (χ3n) is 6.92. The SMILES string of the molecule is NC1(CC(=O)NC2C3CC4CC(C3)CC2C4)CCCCC1. The number of carbonyl (C=O) groups is 1. The average molecular weight is 290 g/mol. The molecule has 3 N–H and O–H groups in total. The lowest BCUT2D eigenvalue weighted by molar-refractivity contribution is -0.126. The Labute approximate surface area is 128 Å². The van der Waals surface area contributed by atoms with Gasteiger partial charge < -0.3 is 11.1 Å². The second kappa shape index (κ2) is 5.26. The van der Waals surface area contributed by atoms with Crippen LogP contribution in [0.3, 0.4) is 0 Å². The fourth-order valence-corrected chi connectivity index (χ4v) is 6.15. The van der Waals surface area contributed by atoms with Crippen LogP contribution in [-0.4, -0.2) is 17.5 Å². The van der Waals surface area contributed by atoms with Gasteiger partial charge >= 0.3 is 0 Å². The van der Waals surface area contributed by atoms with E-state index in [1.54, 1.807) is 0 Å². The van der Waals surface area contributed by atoms with Gasteiger partial charge in [0.25, 0.3) is 0 Å². The summed E-state index contributed by atoms with van der Waals surface area (Å²) < 4.78 is 0. The summed E-state index contributed by atoms with van der Waals surface area (Å²) in [6, 6.07) is 0.470. The maximum Gasteiger partial charge on any atom is 0.222 e. The zero-order valence-corrected chi connectivity index (χ0v) is 13.2. The van der Waals surface area contributed by atoms with Gasteiger partial charge in [-0.15, -0.1) is 0 Å². The summed E-state index contributed by atoms with van der Waals surface area (Å²) in [4.78, 5) is 12.5. The zero-order valence-electron chi connectivity index (χ0n) is 13.2. The van der Waals surface area contributed by atoms with E-state index in [2.05, 4.69) is 5.32 Å². The predicted octanol–water partition coefficient (Wildman–Crippen LogP) is 2.98. The fourth-order valence-electron chi connectivity index (χ4n) is 6.15. The number of carbonyl (C=O) groups excluding carboxylic acids is 1. The molecule has 21 heavy (non-hydrogen) atoms. The lowest BCUT2D eigenvalue weighted by Gasteiger charge is -2.54. The van der Waals surface area contributed by atoms with Crippen molar-refractivity contribution in [1.29, 1.82) is 0 Å². The minimum atomic E-state index is -0.214. The minimum Gasteiger partial charge on any atom is -0.353 e. The van der Waals surface area contributed by atoms with Crippen molar-refractivity contribution in [3.8, 4) is 0 Å². The molecule has 0 unspecified atom stereocenters. The van der Waals surface area contributed by atoms with Crippen molar-refractivity contribution in [3.05, 3.63) is 0 Å². The molecule has 5 rings (SSSR count). The highest BCUT2D eigenvalue weighted by Crippen LogP contribution is 2.53. The maximum atomic E-state index is 12.5. The zero-order chi connectivity index (χ0) is 14.4. The van der Waals surface area contributed by atoms with Gasteiger partial charge in [-0.3, -0.25) is 4.79 Å². The van der Waals surface area contributed by atoms with Crippen molar-refractivity contribution in [2.45, 2.75) is 82.2 Å². The molecule has 3 heteroatoms. The van der Waals surface area contributed by atoms with Crippen molar-refractivity contribution < 1.29 is 4.79 Å². The monoisotopic (exact) mass is 290 g/mol. The molecule has 0 saturated heterocycles. The summed E-state index contributed by atoms with van der Waals surface area (Å²) in [5.74, 6) is 3.71. The van der Waals surface area contributed by atoms with Gasteiger partial charge in [-0.2, -0.15) is 0 Å². The lowest BCUT2D eigenvalue weighted by atomic mass is 9.54. The smallest absolute Gasteiger partial charge is 0.222 e. The molecule has 5 aliphatic carbocycles. The van der Waals surface area contributed by atoms with E-state index in [1.165, 1.54) is 51.4 Å². The molecular formula is C18H30N2O. The topological polar surface area (TPSA) is 55.1 Å². The van der Waals surface area contributed by atoms with Crippen LogP contribution in [0, 0.1) is 23.7 Å². The molecule has 0 spiro atoms. The van der Waals surface area contributed by atoms with Gasteiger partial charge in [0, 0.05) is 18.0 Å². The molecule has 5 aliphatic rings. The van der Waals surface area contributed by atoms with Crippen LogP contribution in [0.4, 0.5) is 0 Å². The molecule has 0 aromatic heterocycles. The first kappa shape index (κ1) is 14.0. The van der Waals surface area contributed by atoms with Gasteiger partial charge in [-0.25, -0.2) is 0 Å². The largest absolute Gasteiger partial charge is 0.353 e.